The minimum Gasteiger partial charge on any atom is -0.395 e. The van der Waals surface area contributed by atoms with E-state index in [0.717, 1.165) is 40.6 Å². The smallest absolute Gasteiger partial charge is 0.165 e. The molecule has 0 radical (unpaired) electrons. The zero-order chi connectivity index (χ0) is 19.0. The van der Waals surface area contributed by atoms with E-state index in [4.69, 9.17) is 23.2 Å². The Balaban J connectivity index is 1.70. The number of thioether (sulfide) groups is 1. The second kappa shape index (κ2) is 7.47. The van der Waals surface area contributed by atoms with Crippen LogP contribution in [-0.2, 0) is 13.0 Å². The fourth-order valence-corrected chi connectivity index (χ4v) is 4.77. The van der Waals surface area contributed by atoms with E-state index in [1.807, 2.05) is 42.5 Å². The molecule has 1 aromatic heterocycles. The van der Waals surface area contributed by atoms with E-state index >= 15 is 0 Å². The van der Waals surface area contributed by atoms with Crippen LogP contribution in [0.5, 0.6) is 0 Å². The van der Waals surface area contributed by atoms with Gasteiger partial charge in [0.1, 0.15) is 5.82 Å². The molecule has 0 fully saturated rings. The molecule has 0 saturated carbocycles. The molecule has 0 bridgehead atoms. The first kappa shape index (κ1) is 18.8. The summed E-state index contributed by atoms with van der Waals surface area (Å²) in [4.78, 5) is 0. The lowest BCUT2D eigenvalue weighted by Crippen LogP contribution is -2.28. The van der Waals surface area contributed by atoms with Gasteiger partial charge < -0.3 is 9.67 Å². The van der Waals surface area contributed by atoms with Gasteiger partial charge in [-0.05, 0) is 42.3 Å². The number of fused-ring (bicyclic) bond motifs is 1. The van der Waals surface area contributed by atoms with Crippen LogP contribution in [0.2, 0.25) is 10.0 Å². The first-order valence-electron chi connectivity index (χ1n) is 8.72. The molecule has 0 saturated heterocycles. The predicted molar refractivity (Wildman–Crippen MR) is 113 cm³/mol. The van der Waals surface area contributed by atoms with Crippen LogP contribution in [0.3, 0.4) is 0 Å². The van der Waals surface area contributed by atoms with Crippen molar-refractivity contribution in [3.63, 3.8) is 0 Å². The second-order valence-corrected chi connectivity index (χ2v) is 9.45. The molecule has 4 rings (SSSR count). The number of benzene rings is 2. The Morgan fingerprint density at radius 3 is 2.56 bits per heavy atom. The van der Waals surface area contributed by atoms with Crippen LogP contribution in [0.1, 0.15) is 12.7 Å². The maximum atomic E-state index is 9.72. The lowest BCUT2D eigenvalue weighted by atomic mass is 10.0. The van der Waals surface area contributed by atoms with Crippen molar-refractivity contribution in [2.75, 3.05) is 12.4 Å². The minimum atomic E-state index is -0.221. The van der Waals surface area contributed by atoms with Crippen molar-refractivity contribution >= 4 is 35.0 Å². The first-order chi connectivity index (χ1) is 13.0. The molecule has 1 atom stereocenters. The first-order valence-corrected chi connectivity index (χ1v) is 10.5. The van der Waals surface area contributed by atoms with Gasteiger partial charge in [-0.3, -0.25) is 0 Å². The number of hydrogen-bond donors (Lipinski definition) is 1. The number of aliphatic hydroxyl groups excluding tert-OH is 1. The molecule has 1 aliphatic heterocycles. The highest BCUT2D eigenvalue weighted by atomic mass is 35.5. The van der Waals surface area contributed by atoms with Crippen LogP contribution in [-0.4, -0.2) is 37.0 Å². The Morgan fingerprint density at radius 1 is 1.11 bits per heavy atom. The van der Waals surface area contributed by atoms with Crippen molar-refractivity contribution in [2.24, 2.45) is 0 Å². The molecule has 1 aliphatic rings. The Bertz CT molecular complexity index is 974. The molecule has 0 spiro atoms. The van der Waals surface area contributed by atoms with Gasteiger partial charge in [0, 0.05) is 34.1 Å². The predicted octanol–water partition coefficient (Wildman–Crippen LogP) is 4.96. The van der Waals surface area contributed by atoms with Gasteiger partial charge in [0.25, 0.3) is 0 Å². The molecule has 3 aromatic rings. The third kappa shape index (κ3) is 3.74. The average Bonchev–Trinajstić information content (AvgIpc) is 2.95. The summed E-state index contributed by atoms with van der Waals surface area (Å²) in [6, 6.07) is 13.7. The molecule has 140 valence electrons. The van der Waals surface area contributed by atoms with Crippen LogP contribution in [0, 0.1) is 0 Å². The largest absolute Gasteiger partial charge is 0.395 e. The Kier molecular flexibility index (Phi) is 5.21. The molecule has 2 aromatic carbocycles. The topological polar surface area (TPSA) is 50.9 Å². The monoisotopic (exact) mass is 419 g/mol. The van der Waals surface area contributed by atoms with Gasteiger partial charge >= 0.3 is 0 Å². The van der Waals surface area contributed by atoms with Crippen molar-refractivity contribution in [1.82, 2.24) is 14.8 Å². The molecule has 0 aliphatic carbocycles. The normalized spacial score (nSPS) is 19.6. The fourth-order valence-electron chi connectivity index (χ4n) is 3.29. The summed E-state index contributed by atoms with van der Waals surface area (Å²) in [6.07, 6.45) is 0.682. The summed E-state index contributed by atoms with van der Waals surface area (Å²) in [5.74, 6) is 2.57. The standard InChI is InChI=1S/C20H19Cl2N3OS/c1-20(12-26)11-18-23-24-19(25(18)8-9-27-20)16-7-4-14(10-17(16)22)13-2-5-15(21)6-3-13/h2-7,10,26H,8-9,11-12H2,1H3. The van der Waals surface area contributed by atoms with Crippen LogP contribution >= 0.6 is 35.0 Å². The van der Waals surface area contributed by atoms with E-state index in [2.05, 4.69) is 21.7 Å². The lowest BCUT2D eigenvalue weighted by Gasteiger charge is -2.23. The molecule has 7 heteroatoms. The molecule has 2 heterocycles. The minimum absolute atomic E-state index is 0.121. The number of hydrogen-bond acceptors (Lipinski definition) is 4. The molecular formula is C20H19Cl2N3OS. The quantitative estimate of drug-likeness (QED) is 0.651. The molecule has 27 heavy (non-hydrogen) atoms. The Labute approximate surface area is 172 Å². The number of rotatable bonds is 3. The van der Waals surface area contributed by atoms with Gasteiger partial charge in [0.15, 0.2) is 5.82 Å². The summed E-state index contributed by atoms with van der Waals surface area (Å²) in [5, 5.41) is 19.9. The fraction of sp³-hybridized carbons (Fsp3) is 0.300. The molecule has 1 N–H and O–H groups in total. The Hall–Kier alpha value is -1.53. The van der Waals surface area contributed by atoms with Crippen LogP contribution in [0.15, 0.2) is 42.5 Å². The van der Waals surface area contributed by atoms with E-state index in [0.29, 0.717) is 16.5 Å². The highest BCUT2D eigenvalue weighted by Gasteiger charge is 2.31. The molecule has 1 unspecified atom stereocenters. The molecule has 4 nitrogen and oxygen atoms in total. The summed E-state index contributed by atoms with van der Waals surface area (Å²) in [5.41, 5.74) is 2.95. The highest BCUT2D eigenvalue weighted by Crippen LogP contribution is 2.36. The average molecular weight is 420 g/mol. The van der Waals surface area contributed by atoms with Crippen molar-refractivity contribution < 1.29 is 5.11 Å². The third-order valence-corrected chi connectivity index (χ3v) is 6.77. The maximum absolute atomic E-state index is 9.72. The van der Waals surface area contributed by atoms with E-state index in [9.17, 15) is 5.11 Å². The zero-order valence-electron chi connectivity index (χ0n) is 14.8. The number of aromatic nitrogens is 3. The SMILES string of the molecule is CC1(CO)Cc2nnc(-c3ccc(-c4ccc(Cl)cc4)cc3Cl)n2CCS1. The van der Waals surface area contributed by atoms with Gasteiger partial charge in [-0.2, -0.15) is 11.8 Å². The second-order valence-electron chi connectivity index (χ2n) is 6.93. The summed E-state index contributed by atoms with van der Waals surface area (Å²) >= 11 is 14.4. The van der Waals surface area contributed by atoms with Crippen molar-refractivity contribution in [2.45, 2.75) is 24.6 Å². The van der Waals surface area contributed by atoms with E-state index in [1.165, 1.54) is 0 Å². The van der Waals surface area contributed by atoms with E-state index < -0.39 is 0 Å². The Morgan fingerprint density at radius 2 is 1.85 bits per heavy atom. The summed E-state index contributed by atoms with van der Waals surface area (Å²) in [6.45, 7) is 2.99. The summed E-state index contributed by atoms with van der Waals surface area (Å²) < 4.78 is 1.90. The van der Waals surface area contributed by atoms with Crippen LogP contribution < -0.4 is 0 Å². The van der Waals surface area contributed by atoms with Crippen molar-refractivity contribution in [3.8, 4) is 22.5 Å². The van der Waals surface area contributed by atoms with E-state index in [1.54, 1.807) is 11.8 Å². The maximum Gasteiger partial charge on any atom is 0.165 e. The zero-order valence-corrected chi connectivity index (χ0v) is 17.2. The van der Waals surface area contributed by atoms with Gasteiger partial charge in [-0.1, -0.05) is 41.4 Å². The van der Waals surface area contributed by atoms with Gasteiger partial charge in [-0.15, -0.1) is 10.2 Å². The van der Waals surface area contributed by atoms with Crippen LogP contribution in [0.25, 0.3) is 22.5 Å². The van der Waals surface area contributed by atoms with Crippen molar-refractivity contribution in [1.29, 1.82) is 0 Å². The van der Waals surface area contributed by atoms with Crippen molar-refractivity contribution in [3.05, 3.63) is 58.3 Å². The molecule has 0 amide bonds. The van der Waals surface area contributed by atoms with E-state index in [-0.39, 0.29) is 11.4 Å². The molecular weight excluding hydrogens is 401 g/mol. The van der Waals surface area contributed by atoms with Crippen LogP contribution in [0.4, 0.5) is 0 Å². The van der Waals surface area contributed by atoms with Gasteiger partial charge in [0.2, 0.25) is 0 Å². The van der Waals surface area contributed by atoms with Gasteiger partial charge in [0.05, 0.1) is 11.6 Å². The highest BCUT2D eigenvalue weighted by molar-refractivity contribution is 8.00. The number of aliphatic hydroxyl groups is 1. The summed E-state index contributed by atoms with van der Waals surface area (Å²) in [7, 11) is 0. The lowest BCUT2D eigenvalue weighted by molar-refractivity contribution is 0.254. The number of halogens is 2. The van der Waals surface area contributed by atoms with Gasteiger partial charge in [-0.25, -0.2) is 0 Å². The third-order valence-electron chi connectivity index (χ3n) is 4.85. The number of nitrogens with zero attached hydrogens (tertiary/aromatic N) is 3.